The van der Waals surface area contributed by atoms with Gasteiger partial charge < -0.3 is 15.5 Å². The summed E-state index contributed by atoms with van der Waals surface area (Å²) < 4.78 is 14.7. The quantitative estimate of drug-likeness (QED) is 0.733. The van der Waals surface area contributed by atoms with E-state index in [9.17, 15) is 9.18 Å². The van der Waals surface area contributed by atoms with Gasteiger partial charge in [0.15, 0.2) is 0 Å². The third-order valence-corrected chi connectivity index (χ3v) is 4.78. The van der Waals surface area contributed by atoms with E-state index < -0.39 is 0 Å². The number of rotatable bonds is 3. The second kappa shape index (κ2) is 6.67. The maximum Gasteiger partial charge on any atom is 0.244 e. The van der Waals surface area contributed by atoms with Gasteiger partial charge in [0.25, 0.3) is 0 Å². The van der Waals surface area contributed by atoms with Crippen molar-refractivity contribution in [3.8, 4) is 0 Å². The molecule has 0 atom stereocenters. The minimum atomic E-state index is -0.241. The first kappa shape index (κ1) is 16.4. The molecule has 0 saturated carbocycles. The highest BCUT2D eigenvalue weighted by Gasteiger charge is 2.22. The van der Waals surface area contributed by atoms with E-state index in [2.05, 4.69) is 10.00 Å². The number of nitrogens with zero attached hydrogens (tertiary/aromatic N) is 4. The average molecular weight is 353 g/mol. The predicted octanol–water partition coefficient (Wildman–Crippen LogP) is 2.11. The molecule has 2 aromatic carbocycles. The highest BCUT2D eigenvalue weighted by Crippen LogP contribution is 2.19. The van der Waals surface area contributed by atoms with Crippen molar-refractivity contribution in [2.45, 2.75) is 6.54 Å². The van der Waals surface area contributed by atoms with Gasteiger partial charge in [0, 0.05) is 42.9 Å². The number of benzene rings is 2. The van der Waals surface area contributed by atoms with Gasteiger partial charge in [-0.3, -0.25) is 9.48 Å². The molecule has 2 heterocycles. The van der Waals surface area contributed by atoms with Crippen molar-refractivity contribution in [2.75, 3.05) is 36.8 Å². The predicted molar refractivity (Wildman–Crippen MR) is 99.3 cm³/mol. The molecule has 3 aromatic rings. The SMILES string of the molecule is Nc1ccc2cnn(CC(=O)N3CCN(c4ccc(F)cc4)CC3)c2c1. The number of carbonyl (C=O) groups is 1. The Labute approximate surface area is 150 Å². The van der Waals surface area contributed by atoms with Gasteiger partial charge >= 0.3 is 0 Å². The highest BCUT2D eigenvalue weighted by atomic mass is 19.1. The second-order valence-electron chi connectivity index (χ2n) is 6.46. The maximum atomic E-state index is 13.1. The number of hydrogen-bond acceptors (Lipinski definition) is 4. The van der Waals surface area contributed by atoms with E-state index in [4.69, 9.17) is 5.73 Å². The first-order valence-corrected chi connectivity index (χ1v) is 8.59. The van der Waals surface area contributed by atoms with Crippen molar-refractivity contribution >= 4 is 28.2 Å². The fourth-order valence-corrected chi connectivity index (χ4v) is 3.31. The molecule has 2 N–H and O–H groups in total. The van der Waals surface area contributed by atoms with Crippen LogP contribution in [0.15, 0.2) is 48.7 Å². The largest absolute Gasteiger partial charge is 0.399 e. The molecular formula is C19H20FN5O. The number of aromatic nitrogens is 2. The number of piperazine rings is 1. The summed E-state index contributed by atoms with van der Waals surface area (Å²) in [6.07, 6.45) is 1.74. The molecule has 1 saturated heterocycles. The Balaban J connectivity index is 1.40. The topological polar surface area (TPSA) is 67.4 Å². The lowest BCUT2D eigenvalue weighted by molar-refractivity contribution is -0.132. The minimum absolute atomic E-state index is 0.0381. The Morgan fingerprint density at radius 3 is 2.54 bits per heavy atom. The highest BCUT2D eigenvalue weighted by molar-refractivity contribution is 5.84. The number of carbonyl (C=O) groups excluding carboxylic acids is 1. The minimum Gasteiger partial charge on any atom is -0.399 e. The molecule has 1 amide bonds. The molecule has 1 aromatic heterocycles. The van der Waals surface area contributed by atoms with E-state index in [1.165, 1.54) is 12.1 Å². The molecule has 26 heavy (non-hydrogen) atoms. The summed E-state index contributed by atoms with van der Waals surface area (Å²) in [5.74, 6) is -0.203. The molecular weight excluding hydrogens is 333 g/mol. The number of nitrogens with two attached hydrogens (primary N) is 1. The van der Waals surface area contributed by atoms with Crippen LogP contribution in [0.1, 0.15) is 0 Å². The summed E-state index contributed by atoms with van der Waals surface area (Å²) in [5.41, 5.74) is 8.34. The van der Waals surface area contributed by atoms with Crippen LogP contribution in [0.4, 0.5) is 15.8 Å². The molecule has 1 fully saturated rings. The summed E-state index contributed by atoms with van der Waals surface area (Å²) >= 11 is 0. The summed E-state index contributed by atoms with van der Waals surface area (Å²) in [6.45, 7) is 2.92. The fraction of sp³-hybridized carbons (Fsp3) is 0.263. The number of fused-ring (bicyclic) bond motifs is 1. The van der Waals surface area contributed by atoms with E-state index >= 15 is 0 Å². The number of nitrogen functional groups attached to an aromatic ring is 1. The summed E-state index contributed by atoms with van der Waals surface area (Å²) in [4.78, 5) is 16.7. The Morgan fingerprint density at radius 1 is 1.08 bits per heavy atom. The fourth-order valence-electron chi connectivity index (χ4n) is 3.31. The van der Waals surface area contributed by atoms with E-state index in [0.717, 1.165) is 29.7 Å². The van der Waals surface area contributed by atoms with Gasteiger partial charge in [-0.2, -0.15) is 5.10 Å². The van der Waals surface area contributed by atoms with Crippen LogP contribution in [0.25, 0.3) is 10.9 Å². The molecule has 7 heteroatoms. The maximum absolute atomic E-state index is 13.1. The van der Waals surface area contributed by atoms with Crippen LogP contribution in [0, 0.1) is 5.82 Å². The van der Waals surface area contributed by atoms with Crippen LogP contribution in [-0.4, -0.2) is 46.8 Å². The molecule has 0 spiro atoms. The lowest BCUT2D eigenvalue weighted by atomic mass is 10.2. The summed E-state index contributed by atoms with van der Waals surface area (Å²) in [6, 6.07) is 12.0. The lowest BCUT2D eigenvalue weighted by Crippen LogP contribution is -2.49. The Morgan fingerprint density at radius 2 is 1.81 bits per heavy atom. The Kier molecular flexibility index (Phi) is 4.20. The van der Waals surface area contributed by atoms with Gasteiger partial charge in [-0.15, -0.1) is 0 Å². The zero-order valence-electron chi connectivity index (χ0n) is 14.3. The molecule has 1 aliphatic heterocycles. The van der Waals surface area contributed by atoms with Crippen LogP contribution < -0.4 is 10.6 Å². The third kappa shape index (κ3) is 3.20. The third-order valence-electron chi connectivity index (χ3n) is 4.78. The first-order chi connectivity index (χ1) is 12.6. The first-order valence-electron chi connectivity index (χ1n) is 8.59. The lowest BCUT2D eigenvalue weighted by Gasteiger charge is -2.36. The standard InChI is InChI=1S/C19H20FN5O/c20-15-2-5-17(6-3-15)23-7-9-24(10-8-23)19(26)13-25-18-11-16(21)4-1-14(18)12-22-25/h1-6,11-12H,7-10,13,21H2. The van der Waals surface area contributed by atoms with Crippen LogP contribution in [-0.2, 0) is 11.3 Å². The van der Waals surface area contributed by atoms with Gasteiger partial charge in [-0.1, -0.05) is 0 Å². The van der Waals surface area contributed by atoms with Crippen LogP contribution >= 0.6 is 0 Å². The van der Waals surface area contributed by atoms with E-state index in [1.54, 1.807) is 23.0 Å². The summed E-state index contributed by atoms with van der Waals surface area (Å²) in [7, 11) is 0. The van der Waals surface area contributed by atoms with Crippen molar-refractivity contribution in [3.63, 3.8) is 0 Å². The molecule has 0 unspecified atom stereocenters. The van der Waals surface area contributed by atoms with Crippen molar-refractivity contribution in [1.29, 1.82) is 0 Å². The number of hydrogen-bond donors (Lipinski definition) is 1. The van der Waals surface area contributed by atoms with Crippen molar-refractivity contribution in [1.82, 2.24) is 14.7 Å². The number of anilines is 2. The van der Waals surface area contributed by atoms with Gasteiger partial charge in [0.05, 0.1) is 11.7 Å². The summed E-state index contributed by atoms with van der Waals surface area (Å²) in [5, 5.41) is 5.28. The smallest absolute Gasteiger partial charge is 0.244 e. The average Bonchev–Trinajstić information content (AvgIpc) is 3.04. The van der Waals surface area contributed by atoms with E-state index in [0.29, 0.717) is 18.8 Å². The monoisotopic (exact) mass is 353 g/mol. The molecule has 0 bridgehead atoms. The van der Waals surface area contributed by atoms with Gasteiger partial charge in [-0.05, 0) is 42.5 Å². The van der Waals surface area contributed by atoms with Crippen molar-refractivity contribution in [2.24, 2.45) is 0 Å². The zero-order chi connectivity index (χ0) is 18.1. The van der Waals surface area contributed by atoms with Crippen LogP contribution in [0.3, 0.4) is 0 Å². The Bertz CT molecular complexity index is 929. The van der Waals surface area contributed by atoms with Crippen molar-refractivity contribution < 1.29 is 9.18 Å². The molecule has 134 valence electrons. The molecule has 1 aliphatic rings. The van der Waals surface area contributed by atoms with Crippen LogP contribution in [0.2, 0.25) is 0 Å². The molecule has 0 aliphatic carbocycles. The van der Waals surface area contributed by atoms with Gasteiger partial charge in [-0.25, -0.2) is 4.39 Å². The van der Waals surface area contributed by atoms with Gasteiger partial charge in [0.1, 0.15) is 12.4 Å². The number of halogens is 1. The molecule has 0 radical (unpaired) electrons. The van der Waals surface area contributed by atoms with Gasteiger partial charge in [0.2, 0.25) is 5.91 Å². The van der Waals surface area contributed by atoms with Crippen molar-refractivity contribution in [3.05, 3.63) is 54.5 Å². The van der Waals surface area contributed by atoms with Crippen LogP contribution in [0.5, 0.6) is 0 Å². The van der Waals surface area contributed by atoms with E-state index in [-0.39, 0.29) is 18.3 Å². The number of amides is 1. The molecule has 6 nitrogen and oxygen atoms in total. The van der Waals surface area contributed by atoms with E-state index in [1.807, 2.05) is 23.1 Å². The Hall–Kier alpha value is -3.09. The second-order valence-corrected chi connectivity index (χ2v) is 6.46. The zero-order valence-corrected chi connectivity index (χ0v) is 14.3. The molecule has 4 rings (SSSR count). The normalized spacial score (nSPS) is 14.8.